The van der Waals surface area contributed by atoms with Crippen LogP contribution < -0.4 is 11.4 Å². The third kappa shape index (κ3) is 6.73. The molecule has 1 aromatic rings. The Kier molecular flexibility index (Phi) is 7.20. The third-order valence-corrected chi connectivity index (χ3v) is 7.08. The zero-order valence-electron chi connectivity index (χ0n) is 13.9. The summed E-state index contributed by atoms with van der Waals surface area (Å²) in [6.07, 6.45) is -5.38. The zero-order valence-corrected chi connectivity index (χ0v) is 16.6. The van der Waals surface area contributed by atoms with E-state index in [0.29, 0.717) is 0 Å². The summed E-state index contributed by atoms with van der Waals surface area (Å²) in [5, 5.41) is 20.0. The lowest BCUT2D eigenvalue weighted by Gasteiger charge is -2.19. The topological polar surface area (TPSA) is 270 Å². The summed E-state index contributed by atoms with van der Waals surface area (Å²) in [6, 6.07) is 1.20. The molecule has 0 spiro atoms. The Balaban J connectivity index is 2.05. The number of anilines is 1. The highest BCUT2D eigenvalue weighted by Gasteiger charge is 2.46. The van der Waals surface area contributed by atoms with E-state index in [1.54, 1.807) is 0 Å². The molecule has 20 heteroatoms. The Bertz CT molecular complexity index is 946. The first-order valence-electron chi connectivity index (χ1n) is 7.25. The molecular weight excluding hydrogens is 470 g/mol. The Morgan fingerprint density at radius 2 is 1.72 bits per heavy atom. The van der Waals surface area contributed by atoms with Gasteiger partial charge in [0.1, 0.15) is 24.1 Å². The van der Waals surface area contributed by atoms with E-state index in [1.807, 2.05) is 0 Å². The smallest absolute Gasteiger partial charge is 0.387 e. The van der Waals surface area contributed by atoms with Gasteiger partial charge in [0, 0.05) is 6.20 Å². The molecule has 2 heterocycles. The highest BCUT2D eigenvalue weighted by atomic mass is 31.3. The van der Waals surface area contributed by atoms with E-state index in [1.165, 1.54) is 6.07 Å². The summed E-state index contributed by atoms with van der Waals surface area (Å²) in [6.45, 7) is -1.02. The number of nitrogens with zero attached hydrogens (tertiary/aromatic N) is 2. The standard InChI is InChI=1S/C9H16N3O14P3/c10-5-1-2-12(9(15)11-5)8-7(14)6(13)4(24-8)3-23-28(19,20)26-29(21,22)25-27(16,17)18/h1-2,4,6-8,13-14H,3H2,(H,19,20)(H,21,22)(H2,10,11,15)(H2,16,17,18)/t4-,6?,7+,8-/m1/s1/i10+1,11+1,12+1. The number of nitrogen functional groups attached to an aromatic ring is 1. The monoisotopic (exact) mass is 486 g/mol. The van der Waals surface area contributed by atoms with Gasteiger partial charge in [0.15, 0.2) is 6.23 Å². The summed E-state index contributed by atoms with van der Waals surface area (Å²) < 4.78 is 50.8. The Labute approximate surface area is 160 Å². The van der Waals surface area contributed by atoms with E-state index in [-0.39, 0.29) is 5.82 Å². The number of phosphoric ester groups is 1. The Morgan fingerprint density at radius 1 is 1.10 bits per heavy atom. The van der Waals surface area contributed by atoms with Crippen LogP contribution in [-0.4, -0.2) is 64.3 Å². The minimum absolute atomic E-state index is 0.122. The fraction of sp³-hybridized carbons (Fsp3) is 0.556. The van der Waals surface area contributed by atoms with E-state index >= 15 is 0 Å². The molecule has 0 amide bonds. The largest absolute Gasteiger partial charge is 0.490 e. The lowest BCUT2D eigenvalue weighted by Crippen LogP contribution is -2.36. The van der Waals surface area contributed by atoms with Crippen molar-refractivity contribution < 1.29 is 61.4 Å². The molecule has 2 rings (SSSR count). The summed E-state index contributed by atoms with van der Waals surface area (Å²) in [7, 11) is -16.7. The molecule has 1 saturated heterocycles. The molecule has 0 saturated carbocycles. The Morgan fingerprint density at radius 3 is 2.28 bits per heavy atom. The second-order valence-corrected chi connectivity index (χ2v) is 9.90. The van der Waals surface area contributed by atoms with Crippen molar-refractivity contribution in [3.8, 4) is 0 Å². The fourth-order valence-corrected chi connectivity index (χ4v) is 5.22. The van der Waals surface area contributed by atoms with E-state index in [2.05, 4.69) is 18.1 Å². The van der Waals surface area contributed by atoms with Crippen molar-refractivity contribution in [2.45, 2.75) is 24.5 Å². The Hall–Kier alpha value is -1.03. The van der Waals surface area contributed by atoms with Crippen molar-refractivity contribution in [2.24, 2.45) is 0 Å². The summed E-state index contributed by atoms with van der Waals surface area (Å²) in [4.78, 5) is 50.5. The first-order chi connectivity index (χ1) is 13.1. The van der Waals surface area contributed by atoms with Crippen molar-refractivity contribution in [3.63, 3.8) is 0 Å². The lowest BCUT2D eigenvalue weighted by molar-refractivity contribution is -0.0541. The van der Waals surface area contributed by atoms with Crippen molar-refractivity contribution in [1.82, 2.24) is 9.55 Å². The number of hydrogen-bond donors (Lipinski definition) is 7. The molecule has 0 aliphatic carbocycles. The maximum Gasteiger partial charge on any atom is 0.490 e. The van der Waals surface area contributed by atoms with Crippen LogP contribution in [0.2, 0.25) is 0 Å². The van der Waals surface area contributed by atoms with Crippen LogP contribution in [0.5, 0.6) is 0 Å². The third-order valence-electron chi connectivity index (χ3n) is 3.28. The van der Waals surface area contributed by atoms with Crippen molar-refractivity contribution in [3.05, 3.63) is 22.7 Å². The summed E-state index contributed by atoms with van der Waals surface area (Å²) in [5.41, 5.74) is 4.39. The fourth-order valence-electron chi connectivity index (χ4n) is 2.19. The molecule has 0 aromatic carbocycles. The molecule has 8 N–H and O–H groups in total. The second kappa shape index (κ2) is 8.61. The second-order valence-electron chi connectivity index (χ2n) is 5.48. The van der Waals surface area contributed by atoms with Crippen LogP contribution >= 0.6 is 23.5 Å². The normalized spacial score (nSPS) is 29.3. The van der Waals surface area contributed by atoms with Crippen LogP contribution in [0, 0.1) is 0 Å². The molecule has 29 heavy (non-hydrogen) atoms. The van der Waals surface area contributed by atoms with Gasteiger partial charge in [0.2, 0.25) is 0 Å². The molecule has 0 radical (unpaired) electrons. The molecule has 1 fully saturated rings. The van der Waals surface area contributed by atoms with Gasteiger partial charge in [-0.3, -0.25) is 9.09 Å². The van der Waals surface area contributed by atoms with Gasteiger partial charge in [-0.1, -0.05) is 0 Å². The van der Waals surface area contributed by atoms with Gasteiger partial charge in [-0.15, -0.1) is 0 Å². The van der Waals surface area contributed by atoms with Gasteiger partial charge >= 0.3 is 29.2 Å². The van der Waals surface area contributed by atoms with Gasteiger partial charge in [-0.2, -0.15) is 13.6 Å². The van der Waals surface area contributed by atoms with Gasteiger partial charge < -0.3 is 40.3 Å². The molecular formula is C9H16N3O14P3. The first kappa shape index (κ1) is 24.2. The molecule has 1 aromatic heterocycles. The van der Waals surface area contributed by atoms with Gasteiger partial charge in [0.25, 0.3) is 0 Å². The van der Waals surface area contributed by atoms with Gasteiger partial charge in [-0.25, -0.2) is 18.5 Å². The number of aliphatic hydroxyl groups excluding tert-OH is 2. The van der Waals surface area contributed by atoms with Crippen LogP contribution in [0.25, 0.3) is 0 Å². The summed E-state index contributed by atoms with van der Waals surface area (Å²) in [5.74, 6) is -0.122. The predicted molar refractivity (Wildman–Crippen MR) is 88.6 cm³/mol. The van der Waals surface area contributed by atoms with Crippen molar-refractivity contribution in [1.29, 1.82) is 0 Å². The molecule has 6 atom stereocenters. The number of hydrogen-bond acceptors (Lipinski definition) is 12. The molecule has 166 valence electrons. The van der Waals surface area contributed by atoms with Crippen LogP contribution in [0.4, 0.5) is 5.82 Å². The van der Waals surface area contributed by atoms with E-state index in [4.69, 9.17) is 25.2 Å². The average molecular weight is 486 g/mol. The first-order valence-corrected chi connectivity index (χ1v) is 11.8. The zero-order chi connectivity index (χ0) is 22.2. The predicted octanol–water partition coefficient (Wildman–Crippen LogP) is -2.21. The number of rotatable bonds is 8. The van der Waals surface area contributed by atoms with Crippen LogP contribution in [0.3, 0.4) is 0 Å². The number of aromatic nitrogens is 2. The van der Waals surface area contributed by atoms with Gasteiger partial charge in [-0.05, 0) is 6.07 Å². The van der Waals surface area contributed by atoms with Crippen molar-refractivity contribution >= 4 is 29.3 Å². The van der Waals surface area contributed by atoms with Crippen LogP contribution in [0.15, 0.2) is 17.1 Å². The molecule has 17 nitrogen and oxygen atoms in total. The quantitative estimate of drug-likeness (QED) is 0.151. The van der Waals surface area contributed by atoms with Crippen LogP contribution in [-0.2, 0) is 31.6 Å². The summed E-state index contributed by atoms with van der Waals surface area (Å²) >= 11 is 0. The highest BCUT2D eigenvalue weighted by Crippen LogP contribution is 2.66. The minimum atomic E-state index is -5.71. The van der Waals surface area contributed by atoms with Crippen molar-refractivity contribution in [2.75, 3.05) is 12.3 Å². The number of ether oxygens (including phenoxy) is 1. The average Bonchev–Trinajstić information content (AvgIpc) is 2.78. The number of aliphatic hydroxyl groups is 2. The number of phosphoric acid groups is 3. The van der Waals surface area contributed by atoms with E-state index < -0.39 is 60.3 Å². The van der Waals surface area contributed by atoms with Crippen LogP contribution in [0.1, 0.15) is 6.23 Å². The molecule has 0 bridgehead atoms. The van der Waals surface area contributed by atoms with E-state index in [0.717, 1.165) is 10.8 Å². The SMILES string of the molecule is [15NH2]c1cc[15n]([C@@H]2O[C@H](COP(=O)(O)OP(=O)(O)OP(=O)(O)O)C(O)[C@@H]2O)c(=O)[15n]1. The maximum absolute atomic E-state index is 11.8. The minimum Gasteiger partial charge on any atom is -0.387 e. The molecule has 3 unspecified atom stereocenters. The molecule has 1 aliphatic rings. The van der Waals surface area contributed by atoms with Gasteiger partial charge in [0.05, 0.1) is 6.61 Å². The molecule has 1 aliphatic heterocycles. The highest BCUT2D eigenvalue weighted by molar-refractivity contribution is 7.66. The lowest BCUT2D eigenvalue weighted by atomic mass is 10.1. The van der Waals surface area contributed by atoms with E-state index in [9.17, 15) is 33.6 Å². The maximum atomic E-state index is 11.8. The number of nitrogens with two attached hydrogens (primary N) is 1.